The van der Waals surface area contributed by atoms with Crippen LogP contribution in [0, 0.1) is 0 Å². The van der Waals surface area contributed by atoms with Crippen LogP contribution in [-0.2, 0) is 16.1 Å². The van der Waals surface area contributed by atoms with Crippen molar-refractivity contribution >= 4 is 11.8 Å². The Morgan fingerprint density at radius 3 is 2.68 bits per heavy atom. The number of methoxy groups -OCH3 is 1. The first-order valence-corrected chi connectivity index (χ1v) is 6.17. The molecule has 1 heterocycles. The molecule has 5 nitrogen and oxygen atoms in total. The van der Waals surface area contributed by atoms with Gasteiger partial charge < -0.3 is 15.0 Å². The molecule has 1 aromatic carbocycles. The van der Waals surface area contributed by atoms with E-state index in [0.29, 0.717) is 6.54 Å². The van der Waals surface area contributed by atoms with Crippen molar-refractivity contribution in [3.8, 4) is 5.75 Å². The number of hydrogen-bond donors (Lipinski definition) is 1. The fourth-order valence-electron chi connectivity index (χ4n) is 2.19. The van der Waals surface area contributed by atoms with E-state index < -0.39 is 5.54 Å². The Hall–Kier alpha value is -2.04. The van der Waals surface area contributed by atoms with E-state index in [1.807, 2.05) is 24.3 Å². The number of para-hydroxylation sites is 1. The Kier molecular flexibility index (Phi) is 3.46. The summed E-state index contributed by atoms with van der Waals surface area (Å²) in [5, 5.41) is 2.61. The van der Waals surface area contributed by atoms with E-state index >= 15 is 0 Å². The minimum absolute atomic E-state index is 0.0530. The molecule has 1 aliphatic heterocycles. The van der Waals surface area contributed by atoms with Gasteiger partial charge in [0.25, 0.3) is 0 Å². The molecule has 2 rings (SSSR count). The van der Waals surface area contributed by atoms with Gasteiger partial charge in [0.15, 0.2) is 0 Å². The molecule has 1 fully saturated rings. The van der Waals surface area contributed by atoms with Crippen LogP contribution in [0.4, 0.5) is 0 Å². The summed E-state index contributed by atoms with van der Waals surface area (Å²) in [4.78, 5) is 25.5. The van der Waals surface area contributed by atoms with E-state index in [1.54, 1.807) is 25.9 Å². The van der Waals surface area contributed by atoms with Gasteiger partial charge in [-0.15, -0.1) is 0 Å². The molecule has 0 spiro atoms. The maximum atomic E-state index is 12.0. The molecule has 0 bridgehead atoms. The first-order valence-electron chi connectivity index (χ1n) is 6.17. The molecule has 0 unspecified atom stereocenters. The van der Waals surface area contributed by atoms with Gasteiger partial charge in [-0.3, -0.25) is 9.59 Å². The van der Waals surface area contributed by atoms with Gasteiger partial charge in [0.05, 0.1) is 20.2 Å². The molecular formula is C14H18N2O3. The maximum Gasteiger partial charge on any atom is 0.245 e. The van der Waals surface area contributed by atoms with Crippen molar-refractivity contribution in [1.82, 2.24) is 10.2 Å². The lowest BCUT2D eigenvalue weighted by atomic mass is 9.97. The van der Waals surface area contributed by atoms with Crippen LogP contribution in [0.3, 0.4) is 0 Å². The predicted octanol–water partition coefficient (Wildman–Crippen LogP) is 0.932. The third kappa shape index (κ3) is 2.41. The smallest absolute Gasteiger partial charge is 0.245 e. The SMILES string of the molecule is COc1ccccc1CN1C(=O)CNC(=O)C1(C)C. The van der Waals surface area contributed by atoms with Gasteiger partial charge in [0.1, 0.15) is 11.3 Å². The Balaban J connectivity index is 2.30. The summed E-state index contributed by atoms with van der Waals surface area (Å²) in [6, 6.07) is 7.50. The number of hydrogen-bond acceptors (Lipinski definition) is 3. The van der Waals surface area contributed by atoms with Crippen molar-refractivity contribution in [2.75, 3.05) is 13.7 Å². The molecule has 2 amide bonds. The van der Waals surface area contributed by atoms with Crippen molar-refractivity contribution in [3.05, 3.63) is 29.8 Å². The Bertz CT molecular complexity index is 511. The highest BCUT2D eigenvalue weighted by Gasteiger charge is 2.41. The van der Waals surface area contributed by atoms with E-state index in [0.717, 1.165) is 11.3 Å². The largest absolute Gasteiger partial charge is 0.496 e. The molecule has 0 radical (unpaired) electrons. The zero-order valence-corrected chi connectivity index (χ0v) is 11.4. The van der Waals surface area contributed by atoms with Crippen molar-refractivity contribution in [2.24, 2.45) is 0 Å². The molecule has 1 aliphatic rings. The molecule has 1 saturated heterocycles. The predicted molar refractivity (Wildman–Crippen MR) is 70.6 cm³/mol. The Morgan fingerprint density at radius 1 is 1.32 bits per heavy atom. The molecule has 5 heteroatoms. The van der Waals surface area contributed by atoms with E-state index in [2.05, 4.69) is 5.32 Å². The standard InChI is InChI=1S/C14H18N2O3/c1-14(2)13(18)15-8-12(17)16(14)9-10-6-4-5-7-11(10)19-3/h4-7H,8-9H2,1-3H3,(H,15,18). The second-order valence-electron chi connectivity index (χ2n) is 5.03. The minimum Gasteiger partial charge on any atom is -0.496 e. The first kappa shape index (κ1) is 13.4. The molecule has 0 atom stereocenters. The number of rotatable bonds is 3. The molecule has 1 N–H and O–H groups in total. The van der Waals surface area contributed by atoms with Crippen LogP contribution in [0.25, 0.3) is 0 Å². The summed E-state index contributed by atoms with van der Waals surface area (Å²) in [7, 11) is 1.59. The molecule has 0 aliphatic carbocycles. The van der Waals surface area contributed by atoms with Crippen LogP contribution >= 0.6 is 0 Å². The summed E-state index contributed by atoms with van der Waals surface area (Å²) in [6.45, 7) is 3.91. The monoisotopic (exact) mass is 262 g/mol. The van der Waals surface area contributed by atoms with Crippen molar-refractivity contribution in [3.63, 3.8) is 0 Å². The number of amides is 2. The normalized spacial score (nSPS) is 18.2. The highest BCUT2D eigenvalue weighted by atomic mass is 16.5. The summed E-state index contributed by atoms with van der Waals surface area (Å²) in [5.74, 6) is 0.495. The van der Waals surface area contributed by atoms with Crippen LogP contribution in [0.15, 0.2) is 24.3 Å². The summed E-state index contributed by atoms with van der Waals surface area (Å²) >= 11 is 0. The number of piperazine rings is 1. The molecule has 0 saturated carbocycles. The number of ether oxygens (including phenoxy) is 1. The Morgan fingerprint density at radius 2 is 2.00 bits per heavy atom. The van der Waals surface area contributed by atoms with Gasteiger partial charge in [-0.05, 0) is 19.9 Å². The Labute approximate surface area is 112 Å². The lowest BCUT2D eigenvalue weighted by molar-refractivity contribution is -0.152. The van der Waals surface area contributed by atoms with E-state index in [-0.39, 0.29) is 18.4 Å². The zero-order chi connectivity index (χ0) is 14.0. The fourth-order valence-corrected chi connectivity index (χ4v) is 2.19. The highest BCUT2D eigenvalue weighted by Crippen LogP contribution is 2.25. The number of carbonyl (C=O) groups excluding carboxylic acids is 2. The second kappa shape index (κ2) is 4.91. The van der Waals surface area contributed by atoms with Crippen LogP contribution in [0.1, 0.15) is 19.4 Å². The van der Waals surface area contributed by atoms with Crippen LogP contribution in [0.2, 0.25) is 0 Å². The van der Waals surface area contributed by atoms with Gasteiger partial charge in [0.2, 0.25) is 11.8 Å². The van der Waals surface area contributed by atoms with Crippen LogP contribution in [-0.4, -0.2) is 35.9 Å². The maximum absolute atomic E-state index is 12.0. The van der Waals surface area contributed by atoms with Crippen molar-refractivity contribution in [1.29, 1.82) is 0 Å². The number of nitrogens with one attached hydrogen (secondary N) is 1. The quantitative estimate of drug-likeness (QED) is 0.881. The van der Waals surface area contributed by atoms with Gasteiger partial charge in [-0.25, -0.2) is 0 Å². The van der Waals surface area contributed by atoms with Crippen LogP contribution < -0.4 is 10.1 Å². The van der Waals surface area contributed by atoms with Crippen molar-refractivity contribution in [2.45, 2.75) is 25.9 Å². The van der Waals surface area contributed by atoms with E-state index in [1.165, 1.54) is 0 Å². The molecule has 1 aromatic rings. The molecule has 19 heavy (non-hydrogen) atoms. The van der Waals surface area contributed by atoms with E-state index in [9.17, 15) is 9.59 Å². The summed E-state index contributed by atoms with van der Waals surface area (Å²) in [5.41, 5.74) is 0.0389. The van der Waals surface area contributed by atoms with Gasteiger partial charge in [-0.2, -0.15) is 0 Å². The third-order valence-corrected chi connectivity index (χ3v) is 3.45. The zero-order valence-electron chi connectivity index (χ0n) is 11.4. The average molecular weight is 262 g/mol. The number of benzene rings is 1. The summed E-state index contributed by atoms with van der Waals surface area (Å²) < 4.78 is 5.28. The molecule has 102 valence electrons. The lowest BCUT2D eigenvalue weighted by Gasteiger charge is -2.41. The third-order valence-electron chi connectivity index (χ3n) is 3.45. The minimum atomic E-state index is -0.851. The lowest BCUT2D eigenvalue weighted by Crippen LogP contribution is -2.63. The van der Waals surface area contributed by atoms with Gasteiger partial charge in [-0.1, -0.05) is 18.2 Å². The topological polar surface area (TPSA) is 58.6 Å². The second-order valence-corrected chi connectivity index (χ2v) is 5.03. The molecular weight excluding hydrogens is 244 g/mol. The first-order chi connectivity index (χ1) is 8.96. The van der Waals surface area contributed by atoms with Gasteiger partial charge >= 0.3 is 0 Å². The van der Waals surface area contributed by atoms with Crippen LogP contribution in [0.5, 0.6) is 5.75 Å². The van der Waals surface area contributed by atoms with Crippen molar-refractivity contribution < 1.29 is 14.3 Å². The fraction of sp³-hybridized carbons (Fsp3) is 0.429. The summed E-state index contributed by atoms with van der Waals surface area (Å²) in [6.07, 6.45) is 0. The number of nitrogens with zero attached hydrogens (tertiary/aromatic N) is 1. The highest BCUT2D eigenvalue weighted by molar-refractivity contribution is 5.97. The van der Waals surface area contributed by atoms with E-state index in [4.69, 9.17) is 4.74 Å². The number of carbonyl (C=O) groups is 2. The van der Waals surface area contributed by atoms with Gasteiger partial charge in [0, 0.05) is 5.56 Å². The average Bonchev–Trinajstić information content (AvgIpc) is 2.40. The molecule has 0 aromatic heterocycles.